The molecule has 3 heteroatoms. The van der Waals surface area contributed by atoms with Gasteiger partial charge in [0.1, 0.15) is 0 Å². The molecule has 0 radical (unpaired) electrons. The van der Waals surface area contributed by atoms with E-state index < -0.39 is 12.2 Å². The van der Waals surface area contributed by atoms with E-state index >= 15 is 0 Å². The van der Waals surface area contributed by atoms with Crippen molar-refractivity contribution in [2.75, 3.05) is 13.1 Å². The van der Waals surface area contributed by atoms with Crippen LogP contribution in [0.4, 0.5) is 0 Å². The van der Waals surface area contributed by atoms with Crippen molar-refractivity contribution in [1.82, 2.24) is 4.90 Å². The van der Waals surface area contributed by atoms with Gasteiger partial charge in [-0.25, -0.2) is 0 Å². The molecule has 0 aromatic carbocycles. The molecule has 32 heavy (non-hydrogen) atoms. The molecule has 4 fully saturated rings. The number of allylic oxidation sites excluding steroid dienone is 3. The molecule has 1 unspecified atom stereocenters. The highest BCUT2D eigenvalue weighted by Gasteiger charge is 2.51. The van der Waals surface area contributed by atoms with E-state index in [4.69, 9.17) is 0 Å². The fraction of sp³-hybridized carbons (Fsp3) is 0.793. The lowest BCUT2D eigenvalue weighted by molar-refractivity contribution is 0.0256. The van der Waals surface area contributed by atoms with Crippen LogP contribution in [0, 0.1) is 23.2 Å². The molecule has 1 saturated heterocycles. The van der Waals surface area contributed by atoms with Crippen LogP contribution >= 0.6 is 0 Å². The topological polar surface area (TPSA) is 43.7 Å². The van der Waals surface area contributed by atoms with Gasteiger partial charge in [-0.05, 0) is 106 Å². The lowest BCUT2D eigenvalue weighted by Gasteiger charge is -2.48. The third kappa shape index (κ3) is 4.68. The minimum absolute atomic E-state index is 0.354. The maximum Gasteiger partial charge on any atom is 0.0811 e. The maximum atomic E-state index is 10.2. The largest absolute Gasteiger partial charge is 0.393 e. The van der Waals surface area contributed by atoms with Crippen LogP contribution in [-0.2, 0) is 0 Å². The molecule has 6 atom stereocenters. The third-order valence-corrected chi connectivity index (χ3v) is 9.82. The van der Waals surface area contributed by atoms with E-state index in [-0.39, 0.29) is 0 Å². The molecule has 4 aliphatic rings. The third-order valence-electron chi connectivity index (χ3n) is 9.82. The summed E-state index contributed by atoms with van der Waals surface area (Å²) in [4.78, 5) is 2.78. The lowest BCUT2D eigenvalue weighted by atomic mass is 9.61. The maximum absolute atomic E-state index is 10.2. The zero-order chi connectivity index (χ0) is 23.1. The molecule has 0 aromatic rings. The first kappa shape index (κ1) is 24.2. The van der Waals surface area contributed by atoms with Gasteiger partial charge in [-0.1, -0.05) is 44.6 Å². The average Bonchev–Trinajstić information content (AvgIpc) is 3.08. The summed E-state index contributed by atoms with van der Waals surface area (Å²) in [5.74, 6) is 2.22. The van der Waals surface area contributed by atoms with Gasteiger partial charge in [0.15, 0.2) is 0 Å². The molecular weight excluding hydrogens is 394 g/mol. The quantitative estimate of drug-likeness (QED) is 0.560. The van der Waals surface area contributed by atoms with Gasteiger partial charge in [0.2, 0.25) is 0 Å². The Morgan fingerprint density at radius 2 is 1.88 bits per heavy atom. The van der Waals surface area contributed by atoms with Crippen molar-refractivity contribution in [2.45, 2.75) is 110 Å². The van der Waals surface area contributed by atoms with Crippen molar-refractivity contribution >= 4 is 0 Å². The van der Waals surface area contributed by atoms with Gasteiger partial charge in [0.05, 0.1) is 12.2 Å². The molecule has 3 aliphatic carbocycles. The highest BCUT2D eigenvalue weighted by Crippen LogP contribution is 2.59. The van der Waals surface area contributed by atoms with Gasteiger partial charge >= 0.3 is 0 Å². The summed E-state index contributed by atoms with van der Waals surface area (Å²) < 4.78 is 0. The van der Waals surface area contributed by atoms with E-state index in [1.165, 1.54) is 64.5 Å². The van der Waals surface area contributed by atoms with Crippen LogP contribution in [0.25, 0.3) is 0 Å². The summed E-state index contributed by atoms with van der Waals surface area (Å²) in [6.45, 7) is 16.6. The minimum Gasteiger partial charge on any atom is -0.393 e. The van der Waals surface area contributed by atoms with Gasteiger partial charge in [0.25, 0.3) is 0 Å². The van der Waals surface area contributed by atoms with Crippen LogP contribution in [0.1, 0.15) is 91.9 Å². The fourth-order valence-corrected chi connectivity index (χ4v) is 7.81. The van der Waals surface area contributed by atoms with Crippen LogP contribution in [0.3, 0.4) is 0 Å². The van der Waals surface area contributed by atoms with Gasteiger partial charge in [-0.2, -0.15) is 0 Å². The molecule has 0 spiro atoms. The summed E-state index contributed by atoms with van der Waals surface area (Å²) in [7, 11) is 0. The molecule has 1 aliphatic heterocycles. The molecule has 3 nitrogen and oxygen atoms in total. The monoisotopic (exact) mass is 441 g/mol. The van der Waals surface area contributed by atoms with Gasteiger partial charge in [-0.15, -0.1) is 0 Å². The number of likely N-dealkylation sites (tertiary alicyclic amines) is 1. The molecule has 180 valence electrons. The Balaban J connectivity index is 1.48. The van der Waals surface area contributed by atoms with E-state index in [1.54, 1.807) is 5.57 Å². The zero-order valence-electron chi connectivity index (χ0n) is 21.1. The van der Waals surface area contributed by atoms with Crippen molar-refractivity contribution in [1.29, 1.82) is 0 Å². The van der Waals surface area contributed by atoms with Gasteiger partial charge < -0.3 is 10.2 Å². The van der Waals surface area contributed by atoms with E-state index in [2.05, 4.69) is 51.3 Å². The van der Waals surface area contributed by atoms with Crippen LogP contribution in [0.15, 0.2) is 35.5 Å². The number of hydrogen-bond acceptors (Lipinski definition) is 3. The number of piperidine rings is 1. The van der Waals surface area contributed by atoms with Crippen molar-refractivity contribution in [3.05, 3.63) is 35.5 Å². The number of aliphatic hydroxyl groups excluding tert-OH is 2. The van der Waals surface area contributed by atoms with Crippen LogP contribution < -0.4 is 0 Å². The summed E-state index contributed by atoms with van der Waals surface area (Å²) >= 11 is 0. The van der Waals surface area contributed by atoms with Crippen molar-refractivity contribution in [3.8, 4) is 0 Å². The molecule has 0 aromatic heterocycles. The summed E-state index contributed by atoms with van der Waals surface area (Å²) in [6, 6.07) is 0. The van der Waals surface area contributed by atoms with Crippen LogP contribution in [0.2, 0.25) is 0 Å². The van der Waals surface area contributed by atoms with E-state index in [9.17, 15) is 10.2 Å². The second kappa shape index (κ2) is 9.39. The number of rotatable bonds is 4. The average molecular weight is 442 g/mol. The van der Waals surface area contributed by atoms with Crippen molar-refractivity contribution in [3.63, 3.8) is 0 Å². The molecule has 0 amide bonds. The predicted molar refractivity (Wildman–Crippen MR) is 133 cm³/mol. The lowest BCUT2D eigenvalue weighted by Crippen LogP contribution is -2.50. The van der Waals surface area contributed by atoms with Crippen LogP contribution in [0.5, 0.6) is 0 Å². The summed E-state index contributed by atoms with van der Waals surface area (Å²) in [6.07, 6.45) is 15.1. The second-order valence-corrected chi connectivity index (χ2v) is 12.4. The smallest absolute Gasteiger partial charge is 0.0811 e. The molecule has 2 N–H and O–H groups in total. The highest BCUT2D eigenvalue weighted by atomic mass is 16.3. The number of nitrogens with zero attached hydrogens (tertiary/aromatic N) is 1. The second-order valence-electron chi connectivity index (χ2n) is 12.4. The normalized spacial score (nSPS) is 41.8. The van der Waals surface area contributed by atoms with E-state index in [1.807, 2.05) is 0 Å². The summed E-state index contributed by atoms with van der Waals surface area (Å²) in [5.41, 5.74) is 4.19. The Morgan fingerprint density at radius 1 is 1.09 bits per heavy atom. The summed E-state index contributed by atoms with van der Waals surface area (Å²) in [5, 5.41) is 20.3. The molecule has 3 saturated carbocycles. The Hall–Kier alpha value is -0.900. The number of fused-ring (bicyclic) bond motifs is 1. The van der Waals surface area contributed by atoms with Gasteiger partial charge in [-0.3, -0.25) is 4.90 Å². The Labute approximate surface area is 196 Å². The first-order valence-corrected chi connectivity index (χ1v) is 13.3. The first-order valence-electron chi connectivity index (χ1n) is 13.3. The van der Waals surface area contributed by atoms with E-state index in [0.717, 1.165) is 23.0 Å². The molecule has 4 rings (SSSR count). The first-order chi connectivity index (χ1) is 15.1. The fourth-order valence-electron chi connectivity index (χ4n) is 7.81. The van der Waals surface area contributed by atoms with Crippen molar-refractivity contribution in [2.24, 2.45) is 23.2 Å². The minimum atomic E-state index is -0.601. The number of hydrogen-bond donors (Lipinski definition) is 2. The Kier molecular flexibility index (Phi) is 7.11. The SMILES string of the molecule is C=C1C(=CC=C2CCC[C@]3(C)[C@@H](C(C)CN4CCCCC4(C)C)CC[C@@H]23)C[C@@H](O)C[C@H]1O. The molecule has 1 heterocycles. The highest BCUT2D eigenvalue weighted by molar-refractivity contribution is 5.38. The molecule has 0 bridgehead atoms. The van der Waals surface area contributed by atoms with Crippen LogP contribution in [-0.4, -0.2) is 45.9 Å². The Morgan fingerprint density at radius 3 is 2.62 bits per heavy atom. The predicted octanol–water partition coefficient (Wildman–Crippen LogP) is 6.03. The number of aliphatic hydroxyl groups is 2. The van der Waals surface area contributed by atoms with E-state index in [0.29, 0.717) is 29.7 Å². The molecular formula is C29H47NO2. The zero-order valence-corrected chi connectivity index (χ0v) is 21.1. The standard InChI is InChI=1S/C29H47NO2/c1-20(19-30-16-7-6-14-28(30,3)4)25-12-13-26-22(9-8-15-29(25,26)5)10-11-23-17-24(31)18-27(32)21(23)2/h10-11,20,24-27,31-32H,2,6-9,12-19H2,1,3-5H3/t20?,24-,25-,26+,27-,29-/m1/s1. The van der Waals surface area contributed by atoms with Crippen molar-refractivity contribution < 1.29 is 10.2 Å². The van der Waals surface area contributed by atoms with Gasteiger partial charge in [0, 0.05) is 18.5 Å². The Bertz CT molecular complexity index is 765.